The third kappa shape index (κ3) is 6.37. The van der Waals surface area contributed by atoms with Crippen molar-refractivity contribution in [2.45, 2.75) is 64.3 Å². The molecule has 1 aromatic rings. The minimum atomic E-state index is 0.0516. The molecule has 1 aromatic carbocycles. The summed E-state index contributed by atoms with van der Waals surface area (Å²) in [4.78, 5) is 26.9. The molecule has 152 valence electrons. The van der Waals surface area contributed by atoms with Crippen LogP contribution in [0.5, 0.6) is 0 Å². The van der Waals surface area contributed by atoms with Gasteiger partial charge in [-0.15, -0.1) is 0 Å². The van der Waals surface area contributed by atoms with Gasteiger partial charge in [-0.1, -0.05) is 41.4 Å². The second-order valence-electron chi connectivity index (χ2n) is 8.04. The predicted molar refractivity (Wildman–Crippen MR) is 113 cm³/mol. The van der Waals surface area contributed by atoms with E-state index in [-0.39, 0.29) is 11.8 Å². The minimum Gasteiger partial charge on any atom is -0.352 e. The number of carbonyl (C=O) groups excluding carboxylic acids is 2. The number of hydrogen-bond acceptors (Lipinski definition) is 2. The lowest BCUT2D eigenvalue weighted by Gasteiger charge is -2.33. The first-order valence-electron chi connectivity index (χ1n) is 10.6. The molecular weight excluding hydrogens is 372 g/mol. The van der Waals surface area contributed by atoms with Crippen LogP contribution < -0.4 is 5.32 Å². The Morgan fingerprint density at radius 2 is 2.04 bits per heavy atom. The zero-order valence-corrected chi connectivity index (χ0v) is 17.3. The van der Waals surface area contributed by atoms with Gasteiger partial charge in [-0.2, -0.15) is 0 Å². The number of carbonyl (C=O) groups is 2. The Balaban J connectivity index is 1.39. The number of hydrogen-bond donors (Lipinski definition) is 1. The highest BCUT2D eigenvalue weighted by Gasteiger charge is 2.24. The Morgan fingerprint density at radius 3 is 2.82 bits per heavy atom. The lowest BCUT2D eigenvalue weighted by atomic mass is 9.92. The van der Waals surface area contributed by atoms with Crippen LogP contribution in [0.3, 0.4) is 0 Å². The molecule has 2 amide bonds. The number of allylic oxidation sites excluding steroid dienone is 1. The summed E-state index contributed by atoms with van der Waals surface area (Å²) >= 11 is 6.13. The summed E-state index contributed by atoms with van der Waals surface area (Å²) in [5.74, 6) is 0.737. The predicted octanol–water partition coefficient (Wildman–Crippen LogP) is 4.87. The summed E-state index contributed by atoms with van der Waals surface area (Å²) in [6, 6.07) is 7.56. The Bertz CT molecular complexity index is 716. The largest absolute Gasteiger partial charge is 0.352 e. The monoisotopic (exact) mass is 402 g/mol. The van der Waals surface area contributed by atoms with Crippen LogP contribution in [0.25, 0.3) is 0 Å². The van der Waals surface area contributed by atoms with Crippen molar-refractivity contribution in [1.82, 2.24) is 10.2 Å². The van der Waals surface area contributed by atoms with Crippen LogP contribution in [-0.2, 0) is 16.1 Å². The summed E-state index contributed by atoms with van der Waals surface area (Å²) in [6.45, 7) is 2.12. The van der Waals surface area contributed by atoms with Crippen molar-refractivity contribution in [2.75, 3.05) is 13.1 Å². The highest BCUT2D eigenvalue weighted by atomic mass is 35.5. The zero-order valence-electron chi connectivity index (χ0n) is 16.6. The van der Waals surface area contributed by atoms with E-state index in [0.717, 1.165) is 50.8 Å². The van der Waals surface area contributed by atoms with Crippen molar-refractivity contribution in [3.63, 3.8) is 0 Å². The van der Waals surface area contributed by atoms with Crippen LogP contribution in [0.15, 0.2) is 35.9 Å². The third-order valence-corrected chi connectivity index (χ3v) is 6.22. The normalized spacial score (nSPS) is 19.8. The maximum atomic E-state index is 12.6. The van der Waals surface area contributed by atoms with Crippen molar-refractivity contribution >= 4 is 23.4 Å². The highest BCUT2D eigenvalue weighted by Crippen LogP contribution is 2.25. The molecule has 1 unspecified atom stereocenters. The van der Waals surface area contributed by atoms with Crippen LogP contribution in [0.4, 0.5) is 0 Å². The van der Waals surface area contributed by atoms with Gasteiger partial charge < -0.3 is 10.2 Å². The molecule has 0 bridgehead atoms. The molecule has 1 heterocycles. The molecule has 0 aromatic heterocycles. The van der Waals surface area contributed by atoms with Crippen LogP contribution in [0, 0.1) is 5.92 Å². The van der Waals surface area contributed by atoms with Crippen molar-refractivity contribution < 1.29 is 9.59 Å². The lowest BCUT2D eigenvalue weighted by molar-refractivity contribution is -0.132. The fourth-order valence-electron chi connectivity index (χ4n) is 4.16. The van der Waals surface area contributed by atoms with E-state index in [2.05, 4.69) is 11.4 Å². The Labute approximate surface area is 173 Å². The molecule has 5 heteroatoms. The molecule has 1 N–H and O–H groups in total. The standard InChI is InChI=1S/C23H31ClN2O2/c24-21-11-5-4-10-20(21)16-25-22(27)13-12-19-9-6-14-26(17-19)23(28)15-18-7-2-1-3-8-18/h4-5,7,10-11,19H,1-3,6,8-9,12-17H2,(H,25,27). The van der Waals surface area contributed by atoms with E-state index in [1.807, 2.05) is 29.2 Å². The van der Waals surface area contributed by atoms with E-state index < -0.39 is 0 Å². The maximum Gasteiger partial charge on any atom is 0.226 e. The molecule has 2 aliphatic rings. The molecule has 28 heavy (non-hydrogen) atoms. The topological polar surface area (TPSA) is 49.4 Å². The Morgan fingerprint density at radius 1 is 1.18 bits per heavy atom. The van der Waals surface area contributed by atoms with Crippen LogP contribution in [-0.4, -0.2) is 29.8 Å². The first-order valence-corrected chi connectivity index (χ1v) is 11.0. The third-order valence-electron chi connectivity index (χ3n) is 5.85. The van der Waals surface area contributed by atoms with Gasteiger partial charge in [-0.3, -0.25) is 9.59 Å². The molecule has 0 radical (unpaired) electrons. The van der Waals surface area contributed by atoms with E-state index in [4.69, 9.17) is 11.6 Å². The van der Waals surface area contributed by atoms with E-state index in [1.54, 1.807) is 0 Å². The van der Waals surface area contributed by atoms with Crippen LogP contribution in [0.1, 0.15) is 63.4 Å². The van der Waals surface area contributed by atoms with Crippen LogP contribution in [0.2, 0.25) is 5.02 Å². The summed E-state index contributed by atoms with van der Waals surface area (Å²) in [6.07, 6.45) is 11.0. The lowest BCUT2D eigenvalue weighted by Crippen LogP contribution is -2.40. The number of benzene rings is 1. The maximum absolute atomic E-state index is 12.6. The molecule has 1 aliphatic heterocycles. The van der Waals surface area contributed by atoms with E-state index in [0.29, 0.717) is 30.3 Å². The van der Waals surface area contributed by atoms with Gasteiger partial charge in [-0.25, -0.2) is 0 Å². The number of nitrogens with one attached hydrogen (secondary N) is 1. The average Bonchev–Trinajstić information content (AvgIpc) is 2.72. The molecule has 0 spiro atoms. The van der Waals surface area contributed by atoms with Crippen molar-refractivity contribution in [1.29, 1.82) is 0 Å². The van der Waals surface area contributed by atoms with Gasteiger partial charge >= 0.3 is 0 Å². The smallest absolute Gasteiger partial charge is 0.226 e. The van der Waals surface area contributed by atoms with E-state index in [9.17, 15) is 9.59 Å². The molecule has 1 saturated heterocycles. The fourth-order valence-corrected chi connectivity index (χ4v) is 4.36. The number of nitrogens with zero attached hydrogens (tertiary/aromatic N) is 1. The number of rotatable bonds is 7. The molecule has 4 nitrogen and oxygen atoms in total. The molecule has 3 rings (SSSR count). The van der Waals surface area contributed by atoms with Gasteiger partial charge in [0.2, 0.25) is 11.8 Å². The second kappa shape index (κ2) is 10.7. The van der Waals surface area contributed by atoms with Gasteiger partial charge in [0, 0.05) is 37.5 Å². The first-order chi connectivity index (χ1) is 13.6. The molecular formula is C23H31ClN2O2. The molecule has 1 atom stereocenters. The SMILES string of the molecule is O=C(CCC1CCCN(C(=O)CC2=CCCCC2)C1)NCc1ccccc1Cl. The van der Waals surface area contributed by atoms with Gasteiger partial charge in [-0.05, 0) is 62.5 Å². The van der Waals surface area contributed by atoms with Crippen LogP contribution >= 0.6 is 11.6 Å². The van der Waals surface area contributed by atoms with Crippen molar-refractivity contribution in [3.05, 3.63) is 46.5 Å². The minimum absolute atomic E-state index is 0.0516. The number of likely N-dealkylation sites (tertiary alicyclic amines) is 1. The average molecular weight is 403 g/mol. The Kier molecular flexibility index (Phi) is 7.96. The van der Waals surface area contributed by atoms with Gasteiger partial charge in [0.25, 0.3) is 0 Å². The van der Waals surface area contributed by atoms with Gasteiger partial charge in [0.1, 0.15) is 0 Å². The summed E-state index contributed by atoms with van der Waals surface area (Å²) in [7, 11) is 0. The van der Waals surface area contributed by atoms with E-state index in [1.165, 1.54) is 18.4 Å². The molecule has 1 aliphatic carbocycles. The van der Waals surface area contributed by atoms with E-state index >= 15 is 0 Å². The fraction of sp³-hybridized carbons (Fsp3) is 0.565. The quantitative estimate of drug-likeness (QED) is 0.661. The van der Waals surface area contributed by atoms with Crippen molar-refractivity contribution in [3.8, 4) is 0 Å². The second-order valence-corrected chi connectivity index (χ2v) is 8.45. The molecule has 1 fully saturated rings. The first kappa shape index (κ1) is 20.9. The summed E-state index contributed by atoms with van der Waals surface area (Å²) in [5.41, 5.74) is 2.25. The number of halogens is 1. The summed E-state index contributed by atoms with van der Waals surface area (Å²) in [5, 5.41) is 3.63. The van der Waals surface area contributed by atoms with Gasteiger partial charge in [0.05, 0.1) is 0 Å². The molecule has 0 saturated carbocycles. The van der Waals surface area contributed by atoms with Crippen molar-refractivity contribution in [2.24, 2.45) is 5.92 Å². The number of piperidine rings is 1. The van der Waals surface area contributed by atoms with Gasteiger partial charge in [0.15, 0.2) is 0 Å². The Hall–Kier alpha value is -1.81. The number of amides is 2. The highest BCUT2D eigenvalue weighted by molar-refractivity contribution is 6.31. The zero-order chi connectivity index (χ0) is 19.8. The summed E-state index contributed by atoms with van der Waals surface area (Å²) < 4.78 is 0.